The Morgan fingerprint density at radius 2 is 2.05 bits per heavy atom. The molecule has 1 saturated heterocycles. The summed E-state index contributed by atoms with van der Waals surface area (Å²) in [5.41, 5.74) is 2.22. The van der Waals surface area contributed by atoms with E-state index in [0.717, 1.165) is 30.3 Å². The Hall–Kier alpha value is -1.84. The molecule has 1 saturated carbocycles. The summed E-state index contributed by atoms with van der Waals surface area (Å²) in [6.07, 6.45) is 3.20. The van der Waals surface area contributed by atoms with Gasteiger partial charge in [0.1, 0.15) is 5.82 Å². The molecule has 2 aliphatic rings. The monoisotopic (exact) mass is 297 g/mol. The molecule has 4 rings (SSSR count). The number of hydrogen-bond donors (Lipinski definition) is 0. The largest absolute Gasteiger partial charge is 0.342 e. The van der Waals surface area contributed by atoms with Crippen LogP contribution in [-0.4, -0.2) is 33.4 Å². The first-order chi connectivity index (χ1) is 10.6. The summed E-state index contributed by atoms with van der Waals surface area (Å²) in [6.45, 7) is 6.18. The fourth-order valence-corrected chi connectivity index (χ4v) is 3.63. The highest BCUT2D eigenvalue weighted by Crippen LogP contribution is 2.36. The second-order valence-electron chi connectivity index (χ2n) is 7.07. The van der Waals surface area contributed by atoms with Crippen molar-refractivity contribution in [2.45, 2.75) is 45.1 Å². The first-order valence-electron chi connectivity index (χ1n) is 8.38. The topological polar surface area (TPSA) is 38.1 Å². The fraction of sp³-hybridized carbons (Fsp3) is 0.556. The molecule has 22 heavy (non-hydrogen) atoms. The Kier molecular flexibility index (Phi) is 3.21. The Morgan fingerprint density at radius 1 is 1.27 bits per heavy atom. The van der Waals surface area contributed by atoms with E-state index in [1.807, 2.05) is 6.07 Å². The molecule has 1 aliphatic heterocycles. The van der Waals surface area contributed by atoms with Crippen molar-refractivity contribution in [1.29, 1.82) is 0 Å². The number of para-hydroxylation sites is 2. The summed E-state index contributed by atoms with van der Waals surface area (Å²) in [7, 11) is 0. The number of benzene rings is 1. The smallest absolute Gasteiger partial charge is 0.223 e. The van der Waals surface area contributed by atoms with Crippen LogP contribution in [0.15, 0.2) is 24.3 Å². The molecule has 1 amide bonds. The van der Waals surface area contributed by atoms with Gasteiger partial charge in [0.05, 0.1) is 11.0 Å². The van der Waals surface area contributed by atoms with Crippen LogP contribution in [0.4, 0.5) is 0 Å². The van der Waals surface area contributed by atoms with Crippen molar-refractivity contribution in [2.24, 2.45) is 5.92 Å². The van der Waals surface area contributed by atoms with E-state index in [1.54, 1.807) is 0 Å². The zero-order valence-electron chi connectivity index (χ0n) is 13.3. The molecule has 2 heterocycles. The highest BCUT2D eigenvalue weighted by Gasteiger charge is 2.37. The van der Waals surface area contributed by atoms with Gasteiger partial charge in [-0.15, -0.1) is 0 Å². The molecule has 0 N–H and O–H groups in total. The molecule has 0 unspecified atom stereocenters. The summed E-state index contributed by atoms with van der Waals surface area (Å²) < 4.78 is 2.31. The van der Waals surface area contributed by atoms with Gasteiger partial charge in [-0.2, -0.15) is 0 Å². The number of rotatable bonds is 4. The van der Waals surface area contributed by atoms with Crippen LogP contribution in [0.1, 0.15) is 50.9 Å². The van der Waals surface area contributed by atoms with Crippen molar-refractivity contribution in [1.82, 2.24) is 14.5 Å². The molecule has 1 atom stereocenters. The van der Waals surface area contributed by atoms with Crippen molar-refractivity contribution in [3.8, 4) is 0 Å². The Labute approximate surface area is 131 Å². The Bertz CT molecular complexity index is 714. The predicted octanol–water partition coefficient (Wildman–Crippen LogP) is 3.34. The molecule has 1 aliphatic carbocycles. The molecule has 4 nitrogen and oxygen atoms in total. The Balaban J connectivity index is 1.68. The third-order valence-corrected chi connectivity index (χ3v) is 4.89. The number of fused-ring (bicyclic) bond motifs is 1. The van der Waals surface area contributed by atoms with Crippen LogP contribution in [0.25, 0.3) is 11.0 Å². The lowest BCUT2D eigenvalue weighted by molar-refractivity contribution is -0.127. The van der Waals surface area contributed by atoms with Crippen molar-refractivity contribution in [3.05, 3.63) is 30.1 Å². The minimum atomic E-state index is 0.237. The zero-order valence-corrected chi connectivity index (χ0v) is 13.3. The number of carbonyl (C=O) groups is 1. The van der Waals surface area contributed by atoms with Crippen molar-refractivity contribution in [2.75, 3.05) is 13.1 Å². The third-order valence-electron chi connectivity index (χ3n) is 4.89. The van der Waals surface area contributed by atoms with E-state index < -0.39 is 0 Å². The van der Waals surface area contributed by atoms with Crippen LogP contribution >= 0.6 is 0 Å². The molecule has 0 spiro atoms. The Morgan fingerprint density at radius 3 is 2.77 bits per heavy atom. The molecule has 2 fully saturated rings. The minimum Gasteiger partial charge on any atom is -0.342 e. The summed E-state index contributed by atoms with van der Waals surface area (Å²) in [6, 6.07) is 8.64. The van der Waals surface area contributed by atoms with E-state index in [1.165, 1.54) is 18.4 Å². The SMILES string of the molecule is CC(C)n1c([C@H]2CC(=O)N(CC3CC3)C2)nc2ccccc21. The van der Waals surface area contributed by atoms with E-state index in [2.05, 4.69) is 41.5 Å². The van der Waals surface area contributed by atoms with Crippen LogP contribution in [0.2, 0.25) is 0 Å². The summed E-state index contributed by atoms with van der Waals surface area (Å²) >= 11 is 0. The van der Waals surface area contributed by atoms with E-state index in [4.69, 9.17) is 4.98 Å². The molecule has 116 valence electrons. The van der Waals surface area contributed by atoms with Gasteiger partial charge in [0.2, 0.25) is 5.91 Å². The lowest BCUT2D eigenvalue weighted by Crippen LogP contribution is -2.27. The van der Waals surface area contributed by atoms with E-state index >= 15 is 0 Å². The van der Waals surface area contributed by atoms with Crippen molar-refractivity contribution >= 4 is 16.9 Å². The molecular weight excluding hydrogens is 274 g/mol. The lowest BCUT2D eigenvalue weighted by atomic mass is 10.1. The van der Waals surface area contributed by atoms with Gasteiger partial charge >= 0.3 is 0 Å². The first-order valence-corrected chi connectivity index (χ1v) is 8.38. The number of aromatic nitrogens is 2. The van der Waals surface area contributed by atoms with Gasteiger partial charge in [-0.05, 0) is 44.7 Å². The highest BCUT2D eigenvalue weighted by atomic mass is 16.2. The van der Waals surface area contributed by atoms with Gasteiger partial charge in [0, 0.05) is 31.5 Å². The molecule has 1 aromatic carbocycles. The van der Waals surface area contributed by atoms with Gasteiger partial charge in [0.25, 0.3) is 0 Å². The van der Waals surface area contributed by atoms with Gasteiger partial charge in [-0.1, -0.05) is 12.1 Å². The van der Waals surface area contributed by atoms with E-state index in [9.17, 15) is 4.79 Å². The van der Waals surface area contributed by atoms with Crippen LogP contribution in [-0.2, 0) is 4.79 Å². The zero-order chi connectivity index (χ0) is 15.3. The van der Waals surface area contributed by atoms with Crippen molar-refractivity contribution in [3.63, 3.8) is 0 Å². The van der Waals surface area contributed by atoms with Gasteiger partial charge in [-0.3, -0.25) is 4.79 Å². The number of likely N-dealkylation sites (tertiary alicyclic amines) is 1. The van der Waals surface area contributed by atoms with Crippen molar-refractivity contribution < 1.29 is 4.79 Å². The maximum Gasteiger partial charge on any atom is 0.223 e. The normalized spacial score (nSPS) is 22.2. The number of amides is 1. The summed E-state index contributed by atoms with van der Waals surface area (Å²) in [5.74, 6) is 2.38. The molecule has 4 heteroatoms. The average Bonchev–Trinajstić information content (AvgIpc) is 3.10. The van der Waals surface area contributed by atoms with E-state index in [0.29, 0.717) is 18.4 Å². The standard InChI is InChI=1S/C18H23N3O/c1-12(2)21-16-6-4-3-5-15(16)19-18(21)14-9-17(22)20(11-14)10-13-7-8-13/h3-6,12-14H,7-11H2,1-2H3/t14-/m0/s1. The van der Waals surface area contributed by atoms with Crippen LogP contribution < -0.4 is 0 Å². The fourth-order valence-electron chi connectivity index (χ4n) is 3.63. The lowest BCUT2D eigenvalue weighted by Gasteiger charge is -2.18. The van der Waals surface area contributed by atoms with Crippen LogP contribution in [0.5, 0.6) is 0 Å². The molecule has 0 radical (unpaired) electrons. The minimum absolute atomic E-state index is 0.237. The second kappa shape index (κ2) is 5.11. The van der Waals surface area contributed by atoms with Gasteiger partial charge in [0.15, 0.2) is 0 Å². The molecular formula is C18H23N3O. The summed E-state index contributed by atoms with van der Waals surface area (Å²) in [4.78, 5) is 19.2. The molecule has 1 aromatic heterocycles. The molecule has 0 bridgehead atoms. The van der Waals surface area contributed by atoms with Crippen LogP contribution in [0.3, 0.4) is 0 Å². The maximum atomic E-state index is 12.3. The second-order valence-corrected chi connectivity index (χ2v) is 7.07. The van der Waals surface area contributed by atoms with Crippen LogP contribution in [0, 0.1) is 5.92 Å². The number of carbonyl (C=O) groups excluding carboxylic acids is 1. The predicted molar refractivity (Wildman–Crippen MR) is 86.8 cm³/mol. The number of imidazole rings is 1. The molecule has 2 aromatic rings. The summed E-state index contributed by atoms with van der Waals surface area (Å²) in [5, 5.41) is 0. The van der Waals surface area contributed by atoms with Gasteiger partial charge in [-0.25, -0.2) is 4.98 Å². The van der Waals surface area contributed by atoms with E-state index in [-0.39, 0.29) is 5.92 Å². The highest BCUT2D eigenvalue weighted by molar-refractivity contribution is 5.81. The average molecular weight is 297 g/mol. The maximum absolute atomic E-state index is 12.3. The first kappa shape index (κ1) is 13.8. The third kappa shape index (κ3) is 2.31. The number of nitrogens with zero attached hydrogens (tertiary/aromatic N) is 3. The number of hydrogen-bond acceptors (Lipinski definition) is 2. The quantitative estimate of drug-likeness (QED) is 0.868. The van der Waals surface area contributed by atoms with Gasteiger partial charge < -0.3 is 9.47 Å².